The van der Waals surface area contributed by atoms with E-state index in [0.717, 1.165) is 33.3 Å². The largest absolute Gasteiger partial charge is 0.497 e. The van der Waals surface area contributed by atoms with Gasteiger partial charge in [0.2, 0.25) is 6.41 Å². The molecule has 142 valence electrons. The predicted octanol–water partition coefficient (Wildman–Crippen LogP) is 3.95. The Labute approximate surface area is 163 Å². The van der Waals surface area contributed by atoms with Crippen molar-refractivity contribution in [2.45, 2.75) is 19.3 Å². The van der Waals surface area contributed by atoms with Gasteiger partial charge in [-0.3, -0.25) is 9.59 Å². The SMILES string of the molecule is COc1ccc(CC2=Nc3cccc4cccc(c34)C(C)C2=O)cc1.NC=O. The number of hydrogen-bond donors (Lipinski definition) is 1. The van der Waals surface area contributed by atoms with E-state index in [1.165, 1.54) is 0 Å². The molecule has 0 fully saturated rings. The Balaban J connectivity index is 0.000000706. The van der Waals surface area contributed by atoms with Crippen LogP contribution in [0.4, 0.5) is 5.69 Å². The molecule has 0 aliphatic carbocycles. The van der Waals surface area contributed by atoms with Crippen LogP contribution in [-0.2, 0) is 16.0 Å². The highest BCUT2D eigenvalue weighted by Gasteiger charge is 2.26. The number of methoxy groups -OCH3 is 1. The molecule has 28 heavy (non-hydrogen) atoms. The molecule has 1 amide bonds. The van der Waals surface area contributed by atoms with Crippen LogP contribution in [-0.4, -0.2) is 25.0 Å². The van der Waals surface area contributed by atoms with Crippen LogP contribution in [0.25, 0.3) is 10.8 Å². The standard InChI is InChI=1S/C22H19NO2.CH3NO/c1-14-18-7-3-5-16-6-4-8-19(21(16)18)23-20(22(14)24)13-15-9-11-17(25-2)12-10-15;2-1-3/h3-12,14H,13H2,1-2H3;1H,(H2,2,3). The smallest absolute Gasteiger partial charge is 0.204 e. The number of amides is 1. The second-order valence-electron chi connectivity index (χ2n) is 6.53. The van der Waals surface area contributed by atoms with Gasteiger partial charge in [0.05, 0.1) is 18.5 Å². The Kier molecular flexibility index (Phi) is 5.84. The fraction of sp³-hybridized carbons (Fsp3) is 0.174. The third kappa shape index (κ3) is 3.78. The third-order valence-electron chi connectivity index (χ3n) is 4.85. The lowest BCUT2D eigenvalue weighted by Gasteiger charge is -2.12. The molecule has 2 N–H and O–H groups in total. The van der Waals surface area contributed by atoms with Gasteiger partial charge in [-0.2, -0.15) is 0 Å². The molecule has 4 rings (SSSR count). The zero-order valence-electron chi connectivity index (χ0n) is 15.9. The van der Waals surface area contributed by atoms with E-state index >= 15 is 0 Å². The average molecular weight is 374 g/mol. The summed E-state index contributed by atoms with van der Waals surface area (Å²) in [6, 6.07) is 20.0. The van der Waals surface area contributed by atoms with Crippen molar-refractivity contribution in [2.24, 2.45) is 10.7 Å². The van der Waals surface area contributed by atoms with Crippen LogP contribution < -0.4 is 10.5 Å². The number of primary amides is 1. The van der Waals surface area contributed by atoms with Crippen LogP contribution >= 0.6 is 0 Å². The number of ketones is 1. The predicted molar refractivity (Wildman–Crippen MR) is 111 cm³/mol. The second-order valence-corrected chi connectivity index (χ2v) is 6.53. The Morgan fingerprint density at radius 2 is 1.71 bits per heavy atom. The van der Waals surface area contributed by atoms with Gasteiger partial charge in [0.1, 0.15) is 5.75 Å². The number of carbonyl (C=O) groups is 2. The van der Waals surface area contributed by atoms with E-state index in [4.69, 9.17) is 14.5 Å². The first kappa shape index (κ1) is 19.3. The van der Waals surface area contributed by atoms with Gasteiger partial charge in [-0.15, -0.1) is 0 Å². The second kappa shape index (κ2) is 8.48. The molecule has 0 spiro atoms. The summed E-state index contributed by atoms with van der Waals surface area (Å²) in [6.07, 6.45) is 0.775. The van der Waals surface area contributed by atoms with Crippen LogP contribution in [0.5, 0.6) is 5.75 Å². The van der Waals surface area contributed by atoms with Crippen LogP contribution in [0.1, 0.15) is 24.0 Å². The summed E-state index contributed by atoms with van der Waals surface area (Å²) in [5.74, 6) is 0.715. The van der Waals surface area contributed by atoms with Crippen molar-refractivity contribution < 1.29 is 14.3 Å². The number of ether oxygens (including phenoxy) is 1. The highest BCUT2D eigenvalue weighted by Crippen LogP contribution is 2.36. The number of benzene rings is 3. The molecule has 0 radical (unpaired) electrons. The molecule has 0 saturated heterocycles. The van der Waals surface area contributed by atoms with Gasteiger partial charge in [-0.25, -0.2) is 4.99 Å². The summed E-state index contributed by atoms with van der Waals surface area (Å²) < 4.78 is 5.20. The zero-order chi connectivity index (χ0) is 20.1. The lowest BCUT2D eigenvalue weighted by Crippen LogP contribution is -2.21. The molecule has 1 aliphatic heterocycles. The van der Waals surface area contributed by atoms with Crippen LogP contribution in [0.2, 0.25) is 0 Å². The first-order valence-corrected chi connectivity index (χ1v) is 9.00. The van der Waals surface area contributed by atoms with Gasteiger partial charge in [0, 0.05) is 17.7 Å². The molecule has 3 aromatic carbocycles. The Morgan fingerprint density at radius 1 is 1.07 bits per heavy atom. The van der Waals surface area contributed by atoms with E-state index in [1.54, 1.807) is 7.11 Å². The molecule has 1 atom stereocenters. The van der Waals surface area contributed by atoms with Crippen molar-refractivity contribution in [3.63, 3.8) is 0 Å². The molecule has 5 nitrogen and oxygen atoms in total. The third-order valence-corrected chi connectivity index (χ3v) is 4.85. The number of rotatable bonds is 3. The Morgan fingerprint density at radius 3 is 2.36 bits per heavy atom. The van der Waals surface area contributed by atoms with Crippen molar-refractivity contribution in [3.05, 3.63) is 71.8 Å². The fourth-order valence-corrected chi connectivity index (χ4v) is 3.46. The van der Waals surface area contributed by atoms with Gasteiger partial charge in [-0.1, -0.05) is 49.4 Å². The lowest BCUT2D eigenvalue weighted by atomic mass is 9.89. The maximum absolute atomic E-state index is 13.0. The first-order valence-electron chi connectivity index (χ1n) is 9.00. The topological polar surface area (TPSA) is 81.8 Å². The number of aliphatic imine (C=N–C) groups is 1. The van der Waals surface area contributed by atoms with Crippen molar-refractivity contribution >= 4 is 34.4 Å². The summed E-state index contributed by atoms with van der Waals surface area (Å²) in [4.78, 5) is 26.4. The molecule has 1 unspecified atom stereocenters. The molecule has 0 saturated carbocycles. The van der Waals surface area contributed by atoms with E-state index in [2.05, 4.69) is 17.9 Å². The maximum atomic E-state index is 13.0. The molecule has 3 aromatic rings. The first-order chi connectivity index (χ1) is 13.6. The highest BCUT2D eigenvalue weighted by atomic mass is 16.5. The summed E-state index contributed by atoms with van der Waals surface area (Å²) in [6.45, 7) is 1.97. The van der Waals surface area contributed by atoms with Gasteiger partial charge in [0.15, 0.2) is 5.78 Å². The quantitative estimate of drug-likeness (QED) is 0.705. The van der Waals surface area contributed by atoms with Crippen molar-refractivity contribution in [1.82, 2.24) is 0 Å². The molecule has 1 heterocycles. The van der Waals surface area contributed by atoms with Gasteiger partial charge >= 0.3 is 0 Å². The number of nitrogens with zero attached hydrogens (tertiary/aromatic N) is 1. The summed E-state index contributed by atoms with van der Waals surface area (Å²) in [5.41, 5.74) is 7.78. The van der Waals surface area contributed by atoms with Crippen molar-refractivity contribution in [2.75, 3.05) is 7.11 Å². The van der Waals surface area contributed by atoms with Gasteiger partial charge in [0.25, 0.3) is 0 Å². The Bertz CT molecular complexity index is 1030. The molecule has 5 heteroatoms. The van der Waals surface area contributed by atoms with Gasteiger partial charge in [-0.05, 0) is 34.7 Å². The highest BCUT2D eigenvalue weighted by molar-refractivity contribution is 6.43. The van der Waals surface area contributed by atoms with Crippen molar-refractivity contribution in [1.29, 1.82) is 0 Å². The van der Waals surface area contributed by atoms with Crippen LogP contribution in [0.15, 0.2) is 65.7 Å². The summed E-state index contributed by atoms with van der Waals surface area (Å²) >= 11 is 0. The molecule has 1 aliphatic rings. The van der Waals surface area contributed by atoms with Gasteiger partial charge < -0.3 is 10.5 Å². The maximum Gasteiger partial charge on any atom is 0.204 e. The summed E-state index contributed by atoms with van der Waals surface area (Å²) in [7, 11) is 1.65. The molecular weight excluding hydrogens is 352 g/mol. The fourth-order valence-electron chi connectivity index (χ4n) is 3.46. The monoisotopic (exact) mass is 374 g/mol. The van der Waals surface area contributed by atoms with Crippen LogP contribution in [0, 0.1) is 0 Å². The van der Waals surface area contributed by atoms with Crippen molar-refractivity contribution in [3.8, 4) is 5.75 Å². The molecule has 0 bridgehead atoms. The van der Waals surface area contributed by atoms with E-state index in [-0.39, 0.29) is 18.1 Å². The normalized spacial score (nSPS) is 15.1. The van der Waals surface area contributed by atoms with E-state index in [9.17, 15) is 4.79 Å². The summed E-state index contributed by atoms with van der Waals surface area (Å²) in [5, 5.41) is 2.22. The van der Waals surface area contributed by atoms with Crippen LogP contribution in [0.3, 0.4) is 0 Å². The van der Waals surface area contributed by atoms with E-state index in [1.807, 2.05) is 55.5 Å². The zero-order valence-corrected chi connectivity index (χ0v) is 15.9. The lowest BCUT2D eigenvalue weighted by molar-refractivity contribution is -0.114. The molecular formula is C23H22N2O3. The average Bonchev–Trinajstić information content (AvgIpc) is 2.82. The number of hydrogen-bond acceptors (Lipinski definition) is 4. The number of nitrogens with two attached hydrogens (primary N) is 1. The molecule has 0 aromatic heterocycles. The number of carbonyl (C=O) groups excluding carboxylic acids is 2. The Hall–Kier alpha value is -3.47. The van der Waals surface area contributed by atoms with E-state index < -0.39 is 0 Å². The minimum Gasteiger partial charge on any atom is -0.497 e. The minimum absolute atomic E-state index is 0.0968. The number of Topliss-reactive ketones (excluding diaryl/α,β-unsaturated/α-hetero) is 1. The minimum atomic E-state index is -0.190. The van der Waals surface area contributed by atoms with E-state index in [0.29, 0.717) is 12.1 Å².